The summed E-state index contributed by atoms with van der Waals surface area (Å²) in [5.41, 5.74) is 0.968. The lowest BCUT2D eigenvalue weighted by atomic mass is 9.87. The highest BCUT2D eigenvalue weighted by molar-refractivity contribution is 5.87. The molecule has 2 aliphatic heterocycles. The summed E-state index contributed by atoms with van der Waals surface area (Å²) < 4.78 is 11.4. The van der Waals surface area contributed by atoms with Gasteiger partial charge in [0, 0.05) is 6.61 Å². The third-order valence-corrected chi connectivity index (χ3v) is 5.18. The molecule has 0 spiro atoms. The first-order valence-corrected chi connectivity index (χ1v) is 12.0. The Bertz CT molecular complexity index is 582. The monoisotopic (exact) mass is 432 g/mol. The molecule has 0 aliphatic carbocycles. The molecule has 4 nitrogen and oxygen atoms in total. The second-order valence-electron chi connectivity index (χ2n) is 8.00. The van der Waals surface area contributed by atoms with Crippen LogP contribution in [0.2, 0.25) is 0 Å². The fourth-order valence-electron chi connectivity index (χ4n) is 3.28. The van der Waals surface area contributed by atoms with Crippen molar-refractivity contribution in [3.63, 3.8) is 0 Å². The van der Waals surface area contributed by atoms with Gasteiger partial charge in [0.25, 0.3) is 0 Å². The third-order valence-electron chi connectivity index (χ3n) is 5.18. The van der Waals surface area contributed by atoms with Crippen LogP contribution in [0.25, 0.3) is 0 Å². The van der Waals surface area contributed by atoms with E-state index in [2.05, 4.69) is 63.9 Å². The van der Waals surface area contributed by atoms with Gasteiger partial charge in [-0.05, 0) is 59.8 Å². The molecule has 1 saturated heterocycles. The Hall–Kier alpha value is -1.65. The summed E-state index contributed by atoms with van der Waals surface area (Å²) in [6.07, 6.45) is 18.2. The zero-order chi connectivity index (χ0) is 23.5. The Morgan fingerprint density at radius 3 is 2.29 bits per heavy atom. The molecular formula is C27H48N2O2. The van der Waals surface area contributed by atoms with E-state index in [9.17, 15) is 0 Å². The van der Waals surface area contributed by atoms with Crippen LogP contribution >= 0.6 is 0 Å². The Balaban J connectivity index is 0.000000846. The number of ether oxygens (including phenoxy) is 2. The third kappa shape index (κ3) is 12.1. The van der Waals surface area contributed by atoms with Crippen molar-refractivity contribution in [2.45, 2.75) is 98.3 Å². The topological polar surface area (TPSA) is 42.9 Å². The molecule has 31 heavy (non-hydrogen) atoms. The Kier molecular flexibility index (Phi) is 17.0. The molecule has 0 aromatic heterocycles. The summed E-state index contributed by atoms with van der Waals surface area (Å²) >= 11 is 0. The minimum absolute atomic E-state index is 0.0848. The normalized spacial score (nSPS) is 25.2. The SMILES string of the molecule is C/C=C\C.C/C=C\CC.C=C(CC)[C@H]1N=C(COCC2CCCO2)N[C@@]1(C)/C=C/CC. The Labute approximate surface area is 192 Å². The van der Waals surface area contributed by atoms with Gasteiger partial charge < -0.3 is 14.8 Å². The molecule has 0 bridgehead atoms. The van der Waals surface area contributed by atoms with Crippen LogP contribution in [0.1, 0.15) is 80.6 Å². The fourth-order valence-corrected chi connectivity index (χ4v) is 3.28. The summed E-state index contributed by atoms with van der Waals surface area (Å²) in [7, 11) is 0. The average molecular weight is 433 g/mol. The molecule has 1 unspecified atom stereocenters. The highest BCUT2D eigenvalue weighted by Gasteiger charge is 2.38. The van der Waals surface area contributed by atoms with Crippen LogP contribution < -0.4 is 5.32 Å². The first kappa shape index (κ1) is 29.4. The Morgan fingerprint density at radius 1 is 1.16 bits per heavy atom. The second kappa shape index (κ2) is 18.0. The number of nitrogens with zero attached hydrogens (tertiary/aromatic N) is 1. The van der Waals surface area contributed by atoms with Gasteiger partial charge in [-0.1, -0.05) is 69.4 Å². The van der Waals surface area contributed by atoms with E-state index in [-0.39, 0.29) is 17.7 Å². The summed E-state index contributed by atoms with van der Waals surface area (Å²) in [5, 5.41) is 3.53. The van der Waals surface area contributed by atoms with E-state index >= 15 is 0 Å². The molecule has 1 fully saturated rings. The number of amidine groups is 1. The van der Waals surface area contributed by atoms with Gasteiger partial charge in [0.05, 0.1) is 24.3 Å². The van der Waals surface area contributed by atoms with Gasteiger partial charge in [0.2, 0.25) is 0 Å². The molecule has 2 aliphatic rings. The van der Waals surface area contributed by atoms with Gasteiger partial charge in [0.15, 0.2) is 0 Å². The number of hydrogen-bond acceptors (Lipinski definition) is 4. The van der Waals surface area contributed by atoms with Crippen LogP contribution in [0.5, 0.6) is 0 Å². The molecule has 2 heterocycles. The van der Waals surface area contributed by atoms with Crippen LogP contribution in [0.15, 0.2) is 53.6 Å². The van der Waals surface area contributed by atoms with E-state index in [0.29, 0.717) is 13.2 Å². The lowest BCUT2D eigenvalue weighted by Crippen LogP contribution is -2.47. The highest BCUT2D eigenvalue weighted by atomic mass is 16.5. The predicted octanol–water partition coefficient (Wildman–Crippen LogP) is 6.80. The van der Waals surface area contributed by atoms with Crippen LogP contribution in [0, 0.1) is 0 Å². The molecule has 1 N–H and O–H groups in total. The van der Waals surface area contributed by atoms with Crippen molar-refractivity contribution in [2.24, 2.45) is 4.99 Å². The maximum absolute atomic E-state index is 5.79. The second-order valence-corrected chi connectivity index (χ2v) is 8.00. The van der Waals surface area contributed by atoms with Crippen molar-refractivity contribution in [1.82, 2.24) is 5.32 Å². The fraction of sp³-hybridized carbons (Fsp3) is 0.667. The molecule has 0 amide bonds. The molecule has 3 atom stereocenters. The van der Waals surface area contributed by atoms with Crippen molar-refractivity contribution in [3.05, 3.63) is 48.6 Å². The zero-order valence-electron chi connectivity index (χ0n) is 21.2. The Morgan fingerprint density at radius 2 is 1.84 bits per heavy atom. The van der Waals surface area contributed by atoms with Gasteiger partial charge in [-0.3, -0.25) is 4.99 Å². The van der Waals surface area contributed by atoms with E-state index in [1.165, 1.54) is 0 Å². The first-order valence-electron chi connectivity index (χ1n) is 12.0. The van der Waals surface area contributed by atoms with Gasteiger partial charge >= 0.3 is 0 Å². The van der Waals surface area contributed by atoms with Gasteiger partial charge in [-0.25, -0.2) is 0 Å². The van der Waals surface area contributed by atoms with Gasteiger partial charge in [0.1, 0.15) is 12.4 Å². The molecule has 4 heteroatoms. The predicted molar refractivity (Wildman–Crippen MR) is 137 cm³/mol. The van der Waals surface area contributed by atoms with E-state index in [4.69, 9.17) is 14.5 Å². The van der Waals surface area contributed by atoms with Crippen molar-refractivity contribution in [1.29, 1.82) is 0 Å². The quantitative estimate of drug-likeness (QED) is 0.407. The summed E-state index contributed by atoms with van der Waals surface area (Å²) in [5.74, 6) is 0.917. The molecule has 2 rings (SSSR count). The molecule has 0 saturated carbocycles. The summed E-state index contributed by atoms with van der Waals surface area (Å²) in [6.45, 7) is 20.8. The average Bonchev–Trinajstić information content (AvgIpc) is 3.41. The molecule has 0 radical (unpaired) electrons. The van der Waals surface area contributed by atoms with E-state index in [1.54, 1.807) is 0 Å². The molecule has 0 aromatic carbocycles. The standard InChI is InChI=1S/C18H30N2O2.C5H10.C4H8/c1-5-7-10-18(4)17(14(3)6-2)19-16(20-18)13-21-12-15-9-8-11-22-15;1-3-5-4-2;1-3-4-2/h7,10,15,17H,3,5-6,8-9,11-13H2,1-2,4H3,(H,19,20);3,5H,4H2,1-2H3;3-4H,1-2H3/b10-7+;5-3-;4-3-/t15?,17-,18+;;/m1../s1. The summed E-state index contributed by atoms with van der Waals surface area (Å²) in [6, 6.07) is 0.0848. The minimum Gasteiger partial charge on any atom is -0.376 e. The largest absolute Gasteiger partial charge is 0.376 e. The summed E-state index contributed by atoms with van der Waals surface area (Å²) in [4.78, 5) is 4.82. The highest BCUT2D eigenvalue weighted by Crippen LogP contribution is 2.28. The molecule has 178 valence electrons. The van der Waals surface area contributed by atoms with Crippen molar-refractivity contribution in [2.75, 3.05) is 19.8 Å². The molecular weight excluding hydrogens is 384 g/mol. The minimum atomic E-state index is -0.189. The zero-order valence-corrected chi connectivity index (χ0v) is 21.2. The van der Waals surface area contributed by atoms with Crippen LogP contribution in [-0.4, -0.2) is 43.3 Å². The lowest BCUT2D eigenvalue weighted by Gasteiger charge is -2.29. The van der Waals surface area contributed by atoms with E-state index in [0.717, 1.165) is 50.1 Å². The first-order chi connectivity index (χ1) is 14.9. The number of aliphatic imine (C=N–C) groups is 1. The van der Waals surface area contributed by atoms with Crippen molar-refractivity contribution < 1.29 is 9.47 Å². The van der Waals surface area contributed by atoms with Crippen LogP contribution in [0.3, 0.4) is 0 Å². The van der Waals surface area contributed by atoms with E-state index < -0.39 is 0 Å². The van der Waals surface area contributed by atoms with Gasteiger partial charge in [-0.2, -0.15) is 0 Å². The number of nitrogens with one attached hydrogen (secondary N) is 1. The number of rotatable bonds is 9. The molecule has 0 aromatic rings. The maximum atomic E-state index is 5.79. The number of allylic oxidation sites excluding steroid dienone is 5. The van der Waals surface area contributed by atoms with E-state index in [1.807, 2.05) is 32.9 Å². The van der Waals surface area contributed by atoms with Crippen LogP contribution in [-0.2, 0) is 9.47 Å². The van der Waals surface area contributed by atoms with Crippen LogP contribution in [0.4, 0.5) is 0 Å². The van der Waals surface area contributed by atoms with Crippen molar-refractivity contribution >= 4 is 5.84 Å². The van der Waals surface area contributed by atoms with Crippen molar-refractivity contribution in [3.8, 4) is 0 Å². The number of hydrogen-bond donors (Lipinski definition) is 1. The smallest absolute Gasteiger partial charge is 0.124 e. The van der Waals surface area contributed by atoms with Gasteiger partial charge in [-0.15, -0.1) is 0 Å². The maximum Gasteiger partial charge on any atom is 0.124 e. The lowest BCUT2D eigenvalue weighted by molar-refractivity contribution is 0.0293.